The van der Waals surface area contributed by atoms with Gasteiger partial charge in [0.2, 0.25) is 10.0 Å². The van der Waals surface area contributed by atoms with Crippen molar-refractivity contribution >= 4 is 10.0 Å². The van der Waals surface area contributed by atoms with Crippen LogP contribution in [0.3, 0.4) is 0 Å². The predicted molar refractivity (Wildman–Crippen MR) is 68.7 cm³/mol. The third-order valence-corrected chi connectivity index (χ3v) is 4.04. The fourth-order valence-electron chi connectivity index (χ4n) is 1.57. The van der Waals surface area contributed by atoms with E-state index in [0.717, 1.165) is 12.1 Å². The van der Waals surface area contributed by atoms with Gasteiger partial charge in [-0.1, -0.05) is 12.1 Å². The maximum absolute atomic E-state index is 12.6. The molecule has 8 heteroatoms. The van der Waals surface area contributed by atoms with E-state index in [9.17, 15) is 21.6 Å². The molecule has 114 valence electrons. The molecule has 0 bridgehead atoms. The highest BCUT2D eigenvalue weighted by atomic mass is 32.2. The molecule has 0 saturated heterocycles. The third-order valence-electron chi connectivity index (χ3n) is 2.63. The number of nitrogens with one attached hydrogen (secondary N) is 1. The first-order valence-electron chi connectivity index (χ1n) is 5.82. The molecule has 1 aromatic carbocycles. The number of benzene rings is 1. The minimum atomic E-state index is -4.45. The van der Waals surface area contributed by atoms with Gasteiger partial charge in [-0.15, -0.1) is 0 Å². The summed E-state index contributed by atoms with van der Waals surface area (Å²) < 4.78 is 68.0. The van der Waals surface area contributed by atoms with Crippen molar-refractivity contribution < 1.29 is 26.3 Å². The van der Waals surface area contributed by atoms with E-state index in [0.29, 0.717) is 0 Å². The summed E-state index contributed by atoms with van der Waals surface area (Å²) in [6.07, 6.45) is -4.45. The second kappa shape index (κ2) is 6.55. The van der Waals surface area contributed by atoms with Crippen LogP contribution in [0.2, 0.25) is 0 Å². The Morgan fingerprint density at radius 3 is 2.55 bits per heavy atom. The molecule has 4 nitrogen and oxygen atoms in total. The molecule has 0 amide bonds. The number of hydrogen-bond donors (Lipinski definition) is 1. The number of sulfonamides is 1. The average Bonchev–Trinajstić information content (AvgIpc) is 2.35. The third kappa shape index (κ3) is 5.10. The van der Waals surface area contributed by atoms with E-state index in [1.54, 1.807) is 0 Å². The maximum Gasteiger partial charge on any atom is 0.416 e. The van der Waals surface area contributed by atoms with Crippen LogP contribution in [0.4, 0.5) is 13.2 Å². The lowest BCUT2D eigenvalue weighted by atomic mass is 10.1. The second-order valence-electron chi connectivity index (χ2n) is 4.27. The van der Waals surface area contributed by atoms with E-state index in [-0.39, 0.29) is 17.9 Å². The molecule has 1 N–H and O–H groups in total. The van der Waals surface area contributed by atoms with Crippen LogP contribution in [0.25, 0.3) is 0 Å². The lowest BCUT2D eigenvalue weighted by Gasteiger charge is -2.16. The van der Waals surface area contributed by atoms with Gasteiger partial charge >= 0.3 is 6.18 Å². The number of ether oxygens (including phenoxy) is 1. The van der Waals surface area contributed by atoms with Crippen LogP contribution >= 0.6 is 0 Å². The lowest BCUT2D eigenvalue weighted by Crippen LogP contribution is -2.30. The van der Waals surface area contributed by atoms with Crippen LogP contribution in [0.1, 0.15) is 24.1 Å². The van der Waals surface area contributed by atoms with Crippen LogP contribution in [-0.4, -0.2) is 27.9 Å². The van der Waals surface area contributed by atoms with E-state index >= 15 is 0 Å². The highest BCUT2D eigenvalue weighted by Gasteiger charge is 2.30. The minimum Gasteiger partial charge on any atom is -0.384 e. The molecule has 0 heterocycles. The van der Waals surface area contributed by atoms with E-state index in [2.05, 4.69) is 9.46 Å². The van der Waals surface area contributed by atoms with Crippen LogP contribution in [0.5, 0.6) is 0 Å². The SMILES string of the molecule is COCCS(=O)(=O)NC(C)c1cccc(C(F)(F)F)c1. The van der Waals surface area contributed by atoms with Gasteiger partial charge in [0.05, 0.1) is 17.9 Å². The molecule has 0 aliphatic rings. The zero-order valence-corrected chi connectivity index (χ0v) is 11.9. The minimum absolute atomic E-state index is 0.0185. The molecular formula is C12H16F3NO3S. The van der Waals surface area contributed by atoms with Crippen LogP contribution in [0, 0.1) is 0 Å². The predicted octanol–water partition coefficient (Wildman–Crippen LogP) is 2.33. The van der Waals surface area contributed by atoms with Gasteiger partial charge in [-0.3, -0.25) is 0 Å². The molecule has 0 fully saturated rings. The van der Waals surface area contributed by atoms with Crippen molar-refractivity contribution in [3.8, 4) is 0 Å². The number of halogens is 3. The van der Waals surface area contributed by atoms with Crippen LogP contribution in [-0.2, 0) is 20.9 Å². The van der Waals surface area contributed by atoms with Gasteiger partial charge in [0.25, 0.3) is 0 Å². The van der Waals surface area contributed by atoms with Crippen molar-refractivity contribution in [1.82, 2.24) is 4.72 Å². The average molecular weight is 311 g/mol. The smallest absolute Gasteiger partial charge is 0.384 e. The molecular weight excluding hydrogens is 295 g/mol. The molecule has 0 aliphatic carbocycles. The van der Waals surface area contributed by atoms with E-state index < -0.39 is 27.8 Å². The topological polar surface area (TPSA) is 55.4 Å². The van der Waals surface area contributed by atoms with E-state index in [1.165, 1.54) is 26.2 Å². The monoisotopic (exact) mass is 311 g/mol. The summed E-state index contributed by atoms with van der Waals surface area (Å²) in [7, 11) is -2.23. The first-order chi connectivity index (χ1) is 9.15. The van der Waals surface area contributed by atoms with E-state index in [1.807, 2.05) is 0 Å². The van der Waals surface area contributed by atoms with Crippen molar-refractivity contribution in [2.24, 2.45) is 0 Å². The van der Waals surface area contributed by atoms with Gasteiger partial charge in [0.15, 0.2) is 0 Å². The zero-order valence-electron chi connectivity index (χ0n) is 11.1. The summed E-state index contributed by atoms with van der Waals surface area (Å²) >= 11 is 0. The van der Waals surface area contributed by atoms with Crippen LogP contribution in [0.15, 0.2) is 24.3 Å². The Morgan fingerprint density at radius 2 is 2.00 bits per heavy atom. The van der Waals surface area contributed by atoms with Gasteiger partial charge in [0.1, 0.15) is 0 Å². The fourth-order valence-corrected chi connectivity index (χ4v) is 2.75. The Hall–Kier alpha value is -1.12. The summed E-state index contributed by atoms with van der Waals surface area (Å²) in [5.74, 6) is -0.243. The van der Waals surface area contributed by atoms with Gasteiger partial charge in [-0.25, -0.2) is 13.1 Å². The Labute approximate surface area is 116 Å². The standard InChI is InChI=1S/C12H16F3NO3S/c1-9(16-20(17,18)7-6-19-2)10-4-3-5-11(8-10)12(13,14)15/h3-5,8-9,16H,6-7H2,1-2H3. The van der Waals surface area contributed by atoms with Gasteiger partial charge in [-0.2, -0.15) is 13.2 Å². The van der Waals surface area contributed by atoms with Crippen molar-refractivity contribution in [1.29, 1.82) is 0 Å². The Balaban J connectivity index is 2.85. The summed E-state index contributed by atoms with van der Waals surface area (Å²) in [6.45, 7) is 1.50. The normalized spacial score (nSPS) is 14.2. The Kier molecular flexibility index (Phi) is 5.55. The largest absolute Gasteiger partial charge is 0.416 e. The second-order valence-corrected chi connectivity index (χ2v) is 6.15. The maximum atomic E-state index is 12.6. The number of alkyl halides is 3. The molecule has 1 rings (SSSR count). The molecule has 0 aliphatic heterocycles. The molecule has 1 atom stereocenters. The molecule has 0 saturated carbocycles. The van der Waals surface area contributed by atoms with Gasteiger partial charge < -0.3 is 4.74 Å². The molecule has 0 aromatic heterocycles. The highest BCUT2D eigenvalue weighted by Crippen LogP contribution is 2.30. The summed E-state index contributed by atoms with van der Waals surface area (Å²) in [5, 5.41) is 0. The summed E-state index contributed by atoms with van der Waals surface area (Å²) in [4.78, 5) is 0. The van der Waals surface area contributed by atoms with Crippen molar-refractivity contribution in [2.75, 3.05) is 19.5 Å². The molecule has 0 spiro atoms. The number of methoxy groups -OCH3 is 1. The molecule has 1 aromatic rings. The first kappa shape index (κ1) is 16.9. The quantitative estimate of drug-likeness (QED) is 0.877. The Bertz CT molecular complexity index is 543. The van der Waals surface area contributed by atoms with Gasteiger partial charge in [-0.05, 0) is 24.6 Å². The Morgan fingerprint density at radius 1 is 1.35 bits per heavy atom. The number of rotatable bonds is 6. The van der Waals surface area contributed by atoms with Gasteiger partial charge in [0, 0.05) is 13.2 Å². The van der Waals surface area contributed by atoms with E-state index in [4.69, 9.17) is 0 Å². The van der Waals surface area contributed by atoms with Crippen molar-refractivity contribution in [2.45, 2.75) is 19.1 Å². The van der Waals surface area contributed by atoms with Crippen molar-refractivity contribution in [3.05, 3.63) is 35.4 Å². The molecule has 1 unspecified atom stereocenters. The zero-order chi connectivity index (χ0) is 15.4. The fraction of sp³-hybridized carbons (Fsp3) is 0.500. The highest BCUT2D eigenvalue weighted by molar-refractivity contribution is 7.89. The first-order valence-corrected chi connectivity index (χ1v) is 7.47. The summed E-state index contributed by atoms with van der Waals surface area (Å²) in [6, 6.07) is 3.81. The molecule has 0 radical (unpaired) electrons. The van der Waals surface area contributed by atoms with Crippen molar-refractivity contribution in [3.63, 3.8) is 0 Å². The molecule has 20 heavy (non-hydrogen) atoms. The van der Waals surface area contributed by atoms with Crippen LogP contribution < -0.4 is 4.72 Å². The number of hydrogen-bond acceptors (Lipinski definition) is 3. The lowest BCUT2D eigenvalue weighted by molar-refractivity contribution is -0.137. The summed E-state index contributed by atoms with van der Waals surface area (Å²) in [5.41, 5.74) is -0.557.